The zero-order valence-electron chi connectivity index (χ0n) is 18.3. The van der Waals surface area contributed by atoms with Crippen molar-refractivity contribution in [3.05, 3.63) is 89.0 Å². The lowest BCUT2D eigenvalue weighted by molar-refractivity contribution is 0.469. The third kappa shape index (κ3) is 2.79. The number of rotatable bonds is 2. The maximum atomic E-state index is 11.7. The van der Waals surface area contributed by atoms with Crippen LogP contribution in [0.25, 0.3) is 38.2 Å². The molecule has 2 heteroatoms. The monoisotopic (exact) mass is 406 g/mol. The molecule has 0 fully saturated rings. The SMILES string of the molecule is CC1=C(C)C(C)C(c2cc3ccccc3c(-c3c(O)ccc4ccccc34)c2O)=C1C. The molecular weight excluding hydrogens is 380 g/mol. The summed E-state index contributed by atoms with van der Waals surface area (Å²) >= 11 is 0. The van der Waals surface area contributed by atoms with E-state index in [4.69, 9.17) is 0 Å². The van der Waals surface area contributed by atoms with Gasteiger partial charge in [0.2, 0.25) is 0 Å². The quantitative estimate of drug-likeness (QED) is 0.356. The van der Waals surface area contributed by atoms with E-state index in [2.05, 4.69) is 39.8 Å². The summed E-state index contributed by atoms with van der Waals surface area (Å²) in [6.07, 6.45) is 0. The second-order valence-corrected chi connectivity index (χ2v) is 8.62. The van der Waals surface area contributed by atoms with Gasteiger partial charge < -0.3 is 10.2 Å². The molecule has 1 aliphatic rings. The van der Waals surface area contributed by atoms with Crippen molar-refractivity contribution < 1.29 is 10.2 Å². The van der Waals surface area contributed by atoms with Gasteiger partial charge in [0, 0.05) is 22.6 Å². The number of benzene rings is 4. The summed E-state index contributed by atoms with van der Waals surface area (Å²) in [5.41, 5.74) is 7.25. The van der Waals surface area contributed by atoms with E-state index in [9.17, 15) is 10.2 Å². The summed E-state index contributed by atoms with van der Waals surface area (Å²) in [7, 11) is 0. The first kappa shape index (κ1) is 19.4. The first-order chi connectivity index (χ1) is 14.9. The van der Waals surface area contributed by atoms with Gasteiger partial charge in [0.25, 0.3) is 0 Å². The van der Waals surface area contributed by atoms with Gasteiger partial charge in [-0.05, 0) is 71.2 Å². The van der Waals surface area contributed by atoms with Crippen LogP contribution in [-0.2, 0) is 0 Å². The van der Waals surface area contributed by atoms with Crippen LogP contribution in [0, 0.1) is 5.92 Å². The summed E-state index contributed by atoms with van der Waals surface area (Å²) < 4.78 is 0. The predicted octanol–water partition coefficient (Wildman–Crippen LogP) is 7.83. The Kier molecular flexibility index (Phi) is 4.40. The maximum absolute atomic E-state index is 11.7. The van der Waals surface area contributed by atoms with Crippen molar-refractivity contribution in [3.63, 3.8) is 0 Å². The predicted molar refractivity (Wildman–Crippen MR) is 130 cm³/mol. The molecule has 4 aromatic rings. The standard InChI is InChI=1S/C29H26O2/c1-16-17(2)19(4)26(18(16)3)24-15-21-10-6-8-12-23(21)28(29(24)31)27-22-11-7-5-9-20(22)13-14-25(27)30/h5-15,18,30-31H,1-4H3. The number of phenolic OH excluding ortho intramolecular Hbond substituents is 2. The van der Waals surface area contributed by atoms with E-state index in [0.717, 1.165) is 27.1 Å². The van der Waals surface area contributed by atoms with Crippen LogP contribution >= 0.6 is 0 Å². The van der Waals surface area contributed by atoms with Crippen LogP contribution in [0.5, 0.6) is 11.5 Å². The molecule has 4 aromatic carbocycles. The number of allylic oxidation sites excluding steroid dienone is 4. The van der Waals surface area contributed by atoms with Crippen LogP contribution in [0.3, 0.4) is 0 Å². The Balaban J connectivity index is 1.93. The molecule has 0 aromatic heterocycles. The molecule has 0 saturated heterocycles. The molecular formula is C29H26O2. The zero-order chi connectivity index (χ0) is 21.9. The topological polar surface area (TPSA) is 40.5 Å². The third-order valence-electron chi connectivity index (χ3n) is 7.11. The highest BCUT2D eigenvalue weighted by atomic mass is 16.3. The van der Waals surface area contributed by atoms with E-state index in [-0.39, 0.29) is 17.4 Å². The van der Waals surface area contributed by atoms with Gasteiger partial charge in [0.05, 0.1) is 0 Å². The Morgan fingerprint density at radius 3 is 1.94 bits per heavy atom. The fraction of sp³-hybridized carbons (Fsp3) is 0.172. The van der Waals surface area contributed by atoms with Crippen molar-refractivity contribution in [2.24, 2.45) is 5.92 Å². The smallest absolute Gasteiger partial charge is 0.131 e. The Hall–Kier alpha value is -3.52. The summed E-state index contributed by atoms with van der Waals surface area (Å²) in [4.78, 5) is 0. The minimum Gasteiger partial charge on any atom is -0.507 e. The number of hydrogen-bond acceptors (Lipinski definition) is 2. The maximum Gasteiger partial charge on any atom is 0.131 e. The fourth-order valence-corrected chi connectivity index (χ4v) is 5.12. The van der Waals surface area contributed by atoms with Crippen LogP contribution in [0.15, 0.2) is 83.4 Å². The van der Waals surface area contributed by atoms with E-state index < -0.39 is 0 Å². The molecule has 31 heavy (non-hydrogen) atoms. The number of fused-ring (bicyclic) bond motifs is 2. The molecule has 1 aliphatic carbocycles. The van der Waals surface area contributed by atoms with Crippen molar-refractivity contribution in [3.8, 4) is 22.6 Å². The molecule has 0 aliphatic heterocycles. The molecule has 0 bridgehead atoms. The highest BCUT2D eigenvalue weighted by molar-refractivity contribution is 6.11. The Morgan fingerprint density at radius 2 is 1.29 bits per heavy atom. The summed E-state index contributed by atoms with van der Waals surface area (Å²) in [5, 5.41) is 26.6. The van der Waals surface area contributed by atoms with E-state index in [0.29, 0.717) is 11.1 Å². The molecule has 0 amide bonds. The number of phenols is 2. The van der Waals surface area contributed by atoms with E-state index in [1.165, 1.54) is 22.3 Å². The van der Waals surface area contributed by atoms with E-state index >= 15 is 0 Å². The first-order valence-electron chi connectivity index (χ1n) is 10.7. The summed E-state index contributed by atoms with van der Waals surface area (Å²) in [6.45, 7) is 8.67. The average molecular weight is 407 g/mol. The molecule has 0 saturated carbocycles. The molecule has 1 atom stereocenters. The fourth-order valence-electron chi connectivity index (χ4n) is 5.12. The zero-order valence-corrected chi connectivity index (χ0v) is 18.3. The van der Waals surface area contributed by atoms with Crippen molar-refractivity contribution in [2.75, 3.05) is 0 Å². The lowest BCUT2D eigenvalue weighted by Crippen LogP contribution is -1.99. The van der Waals surface area contributed by atoms with Gasteiger partial charge in [-0.3, -0.25) is 0 Å². The van der Waals surface area contributed by atoms with E-state index in [1.54, 1.807) is 6.07 Å². The minimum atomic E-state index is 0.173. The normalized spacial score (nSPS) is 16.7. The van der Waals surface area contributed by atoms with Crippen LogP contribution < -0.4 is 0 Å². The van der Waals surface area contributed by atoms with Gasteiger partial charge in [0.1, 0.15) is 11.5 Å². The Bertz CT molecular complexity index is 1440. The number of aromatic hydroxyl groups is 2. The second-order valence-electron chi connectivity index (χ2n) is 8.62. The molecule has 0 heterocycles. The molecule has 5 rings (SSSR count). The lowest BCUT2D eigenvalue weighted by Gasteiger charge is -2.20. The van der Waals surface area contributed by atoms with Crippen LogP contribution in [0.4, 0.5) is 0 Å². The molecule has 0 radical (unpaired) electrons. The summed E-state index contributed by atoms with van der Waals surface area (Å²) in [5.74, 6) is 0.641. The van der Waals surface area contributed by atoms with Gasteiger partial charge in [-0.25, -0.2) is 0 Å². The highest BCUT2D eigenvalue weighted by Gasteiger charge is 2.29. The van der Waals surface area contributed by atoms with Crippen LogP contribution in [0.2, 0.25) is 0 Å². The van der Waals surface area contributed by atoms with Gasteiger partial charge in [-0.15, -0.1) is 0 Å². The Morgan fingerprint density at radius 1 is 0.677 bits per heavy atom. The van der Waals surface area contributed by atoms with E-state index in [1.807, 2.05) is 48.5 Å². The van der Waals surface area contributed by atoms with Gasteiger partial charge >= 0.3 is 0 Å². The lowest BCUT2D eigenvalue weighted by atomic mass is 9.85. The third-order valence-corrected chi connectivity index (χ3v) is 7.11. The second kappa shape index (κ2) is 7.02. The number of hydrogen-bond donors (Lipinski definition) is 2. The highest BCUT2D eigenvalue weighted by Crippen LogP contribution is 2.51. The summed E-state index contributed by atoms with van der Waals surface area (Å²) in [6, 6.07) is 21.8. The molecule has 0 spiro atoms. The Labute approximate surface area is 182 Å². The molecule has 154 valence electrons. The largest absolute Gasteiger partial charge is 0.507 e. The van der Waals surface area contributed by atoms with Gasteiger partial charge in [-0.1, -0.05) is 67.1 Å². The molecule has 1 unspecified atom stereocenters. The van der Waals surface area contributed by atoms with Crippen LogP contribution in [0.1, 0.15) is 33.3 Å². The van der Waals surface area contributed by atoms with Crippen molar-refractivity contribution >= 4 is 27.1 Å². The van der Waals surface area contributed by atoms with Gasteiger partial charge in [0.15, 0.2) is 0 Å². The average Bonchev–Trinajstić information content (AvgIpc) is 2.97. The van der Waals surface area contributed by atoms with Crippen molar-refractivity contribution in [1.82, 2.24) is 0 Å². The molecule has 2 N–H and O–H groups in total. The minimum absolute atomic E-state index is 0.173. The first-order valence-corrected chi connectivity index (χ1v) is 10.7. The molecule has 2 nitrogen and oxygen atoms in total. The van der Waals surface area contributed by atoms with Crippen molar-refractivity contribution in [2.45, 2.75) is 27.7 Å². The van der Waals surface area contributed by atoms with Crippen molar-refractivity contribution in [1.29, 1.82) is 0 Å². The van der Waals surface area contributed by atoms with Gasteiger partial charge in [-0.2, -0.15) is 0 Å². The van der Waals surface area contributed by atoms with Crippen LogP contribution in [-0.4, -0.2) is 10.2 Å².